The van der Waals surface area contributed by atoms with Gasteiger partial charge in [-0.2, -0.15) is 5.10 Å². The molecule has 25 heavy (non-hydrogen) atoms. The Balaban J connectivity index is 1.62. The molecule has 0 spiro atoms. The molecule has 1 saturated carbocycles. The minimum Gasteiger partial charge on any atom is -0.462 e. The van der Waals surface area contributed by atoms with Crippen LogP contribution in [0.1, 0.15) is 38.3 Å². The van der Waals surface area contributed by atoms with E-state index in [0.717, 1.165) is 33.9 Å². The fourth-order valence-electron chi connectivity index (χ4n) is 3.82. The topological polar surface area (TPSA) is 54.2 Å². The van der Waals surface area contributed by atoms with E-state index in [9.17, 15) is 0 Å². The van der Waals surface area contributed by atoms with E-state index < -0.39 is 0 Å². The van der Waals surface area contributed by atoms with Crippen molar-refractivity contribution < 1.29 is 4.42 Å². The zero-order valence-corrected chi connectivity index (χ0v) is 14.7. The number of nitrogens with zero attached hydrogens (tertiary/aromatic N) is 2. The van der Waals surface area contributed by atoms with E-state index >= 15 is 0 Å². The Bertz CT molecular complexity index is 1050. The van der Waals surface area contributed by atoms with E-state index in [4.69, 9.17) is 9.41 Å². The first-order valence-corrected chi connectivity index (χ1v) is 8.77. The van der Waals surface area contributed by atoms with Crippen molar-refractivity contribution in [3.8, 4) is 11.1 Å². The van der Waals surface area contributed by atoms with Gasteiger partial charge in [0.25, 0.3) is 0 Å². The quantitative estimate of drug-likeness (QED) is 0.783. The maximum Gasteiger partial charge on any atom is 0.148 e. The Morgan fingerprint density at radius 2 is 2.00 bits per heavy atom. The van der Waals surface area contributed by atoms with E-state index in [1.807, 2.05) is 18.7 Å². The van der Waals surface area contributed by atoms with Crippen LogP contribution in [-0.4, -0.2) is 10.2 Å². The smallest absolute Gasteiger partial charge is 0.148 e. The SMILES string of the molecule is CC(C)(C)c1ccc(-c2coc3c2=NC2(c4cn[nH]c4)CC2C=3)cc1. The van der Waals surface area contributed by atoms with Crippen LogP contribution in [0.3, 0.4) is 0 Å². The monoisotopic (exact) mass is 331 g/mol. The second-order valence-electron chi connectivity index (χ2n) is 8.19. The number of aromatic amines is 1. The van der Waals surface area contributed by atoms with Crippen LogP contribution >= 0.6 is 0 Å². The molecule has 4 heteroatoms. The third-order valence-corrected chi connectivity index (χ3v) is 5.50. The van der Waals surface area contributed by atoms with Crippen molar-refractivity contribution in [1.29, 1.82) is 0 Å². The van der Waals surface area contributed by atoms with Crippen molar-refractivity contribution in [1.82, 2.24) is 10.2 Å². The van der Waals surface area contributed by atoms with Crippen molar-refractivity contribution in [2.75, 3.05) is 0 Å². The second-order valence-corrected chi connectivity index (χ2v) is 8.19. The van der Waals surface area contributed by atoms with Gasteiger partial charge in [0, 0.05) is 23.2 Å². The van der Waals surface area contributed by atoms with Crippen molar-refractivity contribution in [3.05, 3.63) is 64.8 Å². The van der Waals surface area contributed by atoms with Gasteiger partial charge in [0.05, 0.1) is 11.7 Å². The zero-order chi connectivity index (χ0) is 17.2. The average molecular weight is 331 g/mol. The Morgan fingerprint density at radius 1 is 1.20 bits per heavy atom. The molecule has 0 bridgehead atoms. The second kappa shape index (κ2) is 4.72. The van der Waals surface area contributed by atoms with Gasteiger partial charge in [-0.15, -0.1) is 0 Å². The number of fused-ring (bicyclic) bond motifs is 2. The minimum atomic E-state index is -0.149. The summed E-state index contributed by atoms with van der Waals surface area (Å²) in [5, 5.41) is 7.99. The zero-order valence-electron chi connectivity index (χ0n) is 14.7. The lowest BCUT2D eigenvalue weighted by atomic mass is 9.86. The van der Waals surface area contributed by atoms with Crippen LogP contribution < -0.4 is 10.8 Å². The number of aromatic nitrogens is 2. The Kier molecular flexibility index (Phi) is 2.77. The number of H-pyrrole nitrogens is 1. The van der Waals surface area contributed by atoms with Crippen molar-refractivity contribution in [2.24, 2.45) is 10.9 Å². The van der Waals surface area contributed by atoms with Gasteiger partial charge >= 0.3 is 0 Å². The molecular weight excluding hydrogens is 310 g/mol. The lowest BCUT2D eigenvalue weighted by molar-refractivity contribution is 0.517. The number of furan rings is 1. The molecule has 2 atom stereocenters. The van der Waals surface area contributed by atoms with Crippen molar-refractivity contribution in [2.45, 2.75) is 38.1 Å². The van der Waals surface area contributed by atoms with E-state index in [0.29, 0.717) is 5.92 Å². The predicted molar refractivity (Wildman–Crippen MR) is 96.5 cm³/mol. The average Bonchev–Trinajstić information content (AvgIpc) is 2.95. The fourth-order valence-corrected chi connectivity index (χ4v) is 3.82. The molecule has 5 rings (SSSR count). The van der Waals surface area contributed by atoms with Gasteiger partial charge in [-0.1, -0.05) is 45.0 Å². The van der Waals surface area contributed by atoms with Crippen LogP contribution in [0.5, 0.6) is 0 Å². The summed E-state index contributed by atoms with van der Waals surface area (Å²) in [5.41, 5.74) is 5.61. The molecule has 3 aromatic rings. The number of hydrogen-bond acceptors (Lipinski definition) is 3. The van der Waals surface area contributed by atoms with E-state index in [1.54, 1.807) is 0 Å². The lowest BCUT2D eigenvalue weighted by Crippen LogP contribution is -2.29. The maximum absolute atomic E-state index is 5.83. The summed E-state index contributed by atoms with van der Waals surface area (Å²) < 4.78 is 5.83. The highest BCUT2D eigenvalue weighted by Gasteiger charge is 2.56. The summed E-state index contributed by atoms with van der Waals surface area (Å²) in [4.78, 5) is 5.12. The minimum absolute atomic E-state index is 0.149. The largest absolute Gasteiger partial charge is 0.462 e. The molecule has 0 radical (unpaired) electrons. The van der Waals surface area contributed by atoms with Crippen molar-refractivity contribution in [3.63, 3.8) is 0 Å². The lowest BCUT2D eigenvalue weighted by Gasteiger charge is -2.19. The summed E-state index contributed by atoms with van der Waals surface area (Å²) in [5.74, 6) is 0.417. The first-order valence-electron chi connectivity index (χ1n) is 8.77. The molecule has 1 aliphatic heterocycles. The van der Waals surface area contributed by atoms with Gasteiger partial charge in [0.2, 0.25) is 0 Å². The standard InChI is InChI=1S/C21H21N3O/c1-20(2,3)14-6-4-13(5-7-14)17-12-25-18-8-15-9-21(15,24-19(17)18)16-10-22-23-11-16/h4-8,10-12,15H,9H2,1-3H3,(H,22,23). The van der Waals surface area contributed by atoms with Gasteiger partial charge in [0.15, 0.2) is 0 Å². The van der Waals surface area contributed by atoms with Gasteiger partial charge in [-0.05, 0) is 29.0 Å². The molecule has 126 valence electrons. The van der Waals surface area contributed by atoms with E-state index in [-0.39, 0.29) is 11.0 Å². The third kappa shape index (κ3) is 2.13. The fraction of sp³-hybridized carbons (Fsp3) is 0.333. The van der Waals surface area contributed by atoms with Crippen LogP contribution in [0, 0.1) is 5.92 Å². The van der Waals surface area contributed by atoms with Crippen LogP contribution in [0.4, 0.5) is 0 Å². The molecule has 2 aromatic heterocycles. The van der Waals surface area contributed by atoms with E-state index in [1.165, 1.54) is 5.56 Å². The highest BCUT2D eigenvalue weighted by Crippen LogP contribution is 2.56. The van der Waals surface area contributed by atoms with Crippen molar-refractivity contribution >= 4 is 6.08 Å². The Morgan fingerprint density at radius 3 is 2.68 bits per heavy atom. The molecule has 1 fully saturated rings. The molecule has 0 saturated heterocycles. The van der Waals surface area contributed by atoms with Crippen LogP contribution in [0.2, 0.25) is 0 Å². The summed E-state index contributed by atoms with van der Waals surface area (Å²) >= 11 is 0. The van der Waals surface area contributed by atoms with Gasteiger partial charge in [-0.3, -0.25) is 10.1 Å². The van der Waals surface area contributed by atoms with Crippen LogP contribution in [0.15, 0.2) is 52.3 Å². The van der Waals surface area contributed by atoms with Gasteiger partial charge < -0.3 is 4.42 Å². The first kappa shape index (κ1) is 14.7. The molecule has 2 aliphatic rings. The summed E-state index contributed by atoms with van der Waals surface area (Å²) in [6.07, 6.45) is 8.94. The summed E-state index contributed by atoms with van der Waals surface area (Å²) in [6, 6.07) is 8.75. The molecule has 1 aromatic carbocycles. The Hall–Kier alpha value is -2.62. The van der Waals surface area contributed by atoms with Crippen LogP contribution in [-0.2, 0) is 11.0 Å². The Labute approximate surface area is 146 Å². The molecular formula is C21H21N3O. The summed E-state index contributed by atoms with van der Waals surface area (Å²) in [6.45, 7) is 6.69. The van der Waals surface area contributed by atoms with Gasteiger partial charge in [-0.25, -0.2) is 0 Å². The van der Waals surface area contributed by atoms with Crippen LogP contribution in [0.25, 0.3) is 17.2 Å². The highest BCUT2D eigenvalue weighted by atomic mass is 16.3. The number of nitrogens with one attached hydrogen (secondary N) is 1. The molecule has 3 heterocycles. The molecule has 1 N–H and O–H groups in total. The highest BCUT2D eigenvalue weighted by molar-refractivity contribution is 5.64. The first-order chi connectivity index (χ1) is 12.0. The maximum atomic E-state index is 5.83. The number of benzene rings is 1. The third-order valence-electron chi connectivity index (χ3n) is 5.50. The number of rotatable bonds is 2. The molecule has 1 aliphatic carbocycles. The van der Waals surface area contributed by atoms with Gasteiger partial charge in [0.1, 0.15) is 17.0 Å². The summed E-state index contributed by atoms with van der Waals surface area (Å²) in [7, 11) is 0. The molecule has 0 amide bonds. The molecule has 2 unspecified atom stereocenters. The van der Waals surface area contributed by atoms with E-state index in [2.05, 4.69) is 61.3 Å². The number of hydrogen-bond donors (Lipinski definition) is 1. The predicted octanol–water partition coefficient (Wildman–Crippen LogP) is 3.30. The molecule has 4 nitrogen and oxygen atoms in total. The normalized spacial score (nSPS) is 24.0.